The fourth-order valence-electron chi connectivity index (χ4n) is 0.170. The van der Waals surface area contributed by atoms with Crippen LogP contribution in [0.5, 0.6) is 0 Å². The molecule has 1 aliphatic heterocycles. The maximum atomic E-state index is 8.49. The summed E-state index contributed by atoms with van der Waals surface area (Å²) in [4.78, 5) is 3.02. The number of rotatable bonds is 0. The summed E-state index contributed by atoms with van der Waals surface area (Å²) in [7, 11) is -1.37. The van der Waals surface area contributed by atoms with Crippen molar-refractivity contribution in [3.63, 3.8) is 0 Å². The third-order valence-corrected chi connectivity index (χ3v) is 2.08. The zero-order valence-corrected chi connectivity index (χ0v) is 7.00. The fourth-order valence-corrected chi connectivity index (χ4v) is 1.53. The van der Waals surface area contributed by atoms with Gasteiger partial charge < -0.3 is 0 Å². The highest BCUT2D eigenvalue weighted by Crippen LogP contribution is 2.14. The third-order valence-electron chi connectivity index (χ3n) is 0.342. The van der Waals surface area contributed by atoms with Crippen LogP contribution in [0.3, 0.4) is 0 Å². The Hall–Kier alpha value is 0.500. The Morgan fingerprint density at radius 3 is 1.90 bits per heavy atom. The summed E-state index contributed by atoms with van der Waals surface area (Å²) in [6.07, 6.45) is 0. The van der Waals surface area contributed by atoms with Gasteiger partial charge in [-0.2, -0.15) is 0 Å². The minimum Gasteiger partial charge on any atom is -0.232 e. The quantitative estimate of drug-likeness (QED) is 0.396. The molecule has 10 heavy (non-hydrogen) atoms. The SMILES string of the molecule is C1=[NH+]CSS1.[O-][Cl+3]([O-])([O-])[O-]. The van der Waals surface area contributed by atoms with Crippen LogP contribution in [-0.2, 0) is 0 Å². The molecule has 60 valence electrons. The molecule has 0 unspecified atom stereocenters. The summed E-state index contributed by atoms with van der Waals surface area (Å²) in [6, 6.07) is 0. The molecule has 0 aromatic carbocycles. The van der Waals surface area contributed by atoms with Gasteiger partial charge in [0.1, 0.15) is 0 Å². The molecule has 0 atom stereocenters. The molecule has 1 rings (SSSR count). The van der Waals surface area contributed by atoms with Crippen molar-refractivity contribution in [1.29, 1.82) is 0 Å². The first kappa shape index (κ1) is 10.5. The minimum absolute atomic E-state index is 1.07. The molecule has 8 heteroatoms. The first-order valence-corrected chi connectivity index (χ1v) is 5.57. The Kier molecular flexibility index (Phi) is 5.45. The molecule has 1 aliphatic rings. The number of halogens is 1. The molecule has 0 saturated carbocycles. The highest BCUT2D eigenvalue weighted by atomic mass is 35.7. The van der Waals surface area contributed by atoms with Gasteiger partial charge in [0.2, 0.25) is 5.55 Å². The maximum Gasteiger partial charge on any atom is 0.208 e. The lowest BCUT2D eigenvalue weighted by molar-refractivity contribution is -2.00. The molecule has 1 heterocycles. The van der Waals surface area contributed by atoms with Crippen LogP contribution >= 0.6 is 21.6 Å². The van der Waals surface area contributed by atoms with E-state index in [-0.39, 0.29) is 0 Å². The van der Waals surface area contributed by atoms with Crippen molar-refractivity contribution in [2.45, 2.75) is 0 Å². The van der Waals surface area contributed by atoms with E-state index in [2.05, 4.69) is 4.99 Å². The van der Waals surface area contributed by atoms with E-state index in [9.17, 15) is 0 Å². The molecule has 0 aromatic rings. The molecule has 0 bridgehead atoms. The highest BCUT2D eigenvalue weighted by Gasteiger charge is 1.94. The van der Waals surface area contributed by atoms with Crippen LogP contribution in [0.4, 0.5) is 0 Å². The normalized spacial score (nSPS) is 16.4. The van der Waals surface area contributed by atoms with Crippen molar-refractivity contribution in [3.05, 3.63) is 0 Å². The van der Waals surface area contributed by atoms with Crippen LogP contribution < -0.4 is 23.6 Å². The topological polar surface area (TPSA) is 106 Å². The lowest BCUT2D eigenvalue weighted by Gasteiger charge is -2.17. The van der Waals surface area contributed by atoms with Crippen molar-refractivity contribution >= 4 is 27.1 Å². The lowest BCUT2D eigenvalue weighted by atomic mass is 11.4. The van der Waals surface area contributed by atoms with E-state index >= 15 is 0 Å². The molecule has 0 amide bonds. The van der Waals surface area contributed by atoms with Gasteiger partial charge in [0, 0.05) is 10.8 Å². The Labute approximate surface area is 67.3 Å². The predicted molar refractivity (Wildman–Crippen MR) is 27.1 cm³/mol. The van der Waals surface area contributed by atoms with Gasteiger partial charge in [-0.3, -0.25) is 0 Å². The monoisotopic (exact) mass is 205 g/mol. The van der Waals surface area contributed by atoms with Crippen molar-refractivity contribution in [2.24, 2.45) is 0 Å². The van der Waals surface area contributed by atoms with Crippen molar-refractivity contribution < 1.29 is 33.9 Å². The highest BCUT2D eigenvalue weighted by molar-refractivity contribution is 8.81. The first-order valence-electron chi connectivity index (χ1n) is 1.95. The van der Waals surface area contributed by atoms with Gasteiger partial charge in [-0.15, -0.1) is 10.2 Å². The second-order valence-corrected chi connectivity index (χ2v) is 4.05. The number of hydrogen-bond donors (Lipinski definition) is 1. The minimum atomic E-state index is -4.94. The summed E-state index contributed by atoms with van der Waals surface area (Å²) in [5.41, 5.74) is 1.99. The third kappa shape index (κ3) is 15.8. The van der Waals surface area contributed by atoms with E-state index in [0.717, 1.165) is 5.88 Å². The Morgan fingerprint density at radius 2 is 1.80 bits per heavy atom. The standard InChI is InChI=1S/C2H3NS2.ClHO4/c1-3-2-5-4-1;2-1(3,4)5/h1H,2H2;(H,2,3,4,5). The van der Waals surface area contributed by atoms with Gasteiger partial charge in [-0.25, -0.2) is 23.6 Å². The van der Waals surface area contributed by atoms with Crippen LogP contribution in [0.1, 0.15) is 0 Å². The van der Waals surface area contributed by atoms with Gasteiger partial charge in [-0.1, -0.05) is 0 Å². The molecule has 5 nitrogen and oxygen atoms in total. The summed E-state index contributed by atoms with van der Waals surface area (Å²) in [5, 5.41) is 0. The first-order chi connectivity index (χ1) is 4.50. The van der Waals surface area contributed by atoms with Crippen LogP contribution in [0.25, 0.3) is 0 Å². The van der Waals surface area contributed by atoms with E-state index in [1.807, 2.05) is 16.3 Å². The zero-order chi connectivity index (χ0) is 8.04. The Morgan fingerprint density at radius 1 is 1.30 bits per heavy atom. The lowest BCUT2D eigenvalue weighted by Crippen LogP contribution is -2.68. The molecular weight excluding hydrogens is 202 g/mol. The predicted octanol–water partition coefficient (Wildman–Crippen LogP) is -5.31. The van der Waals surface area contributed by atoms with E-state index in [1.165, 1.54) is 0 Å². The van der Waals surface area contributed by atoms with Crippen molar-refractivity contribution in [2.75, 3.05) is 5.88 Å². The van der Waals surface area contributed by atoms with Gasteiger partial charge in [0.05, 0.1) is 0 Å². The van der Waals surface area contributed by atoms with Gasteiger partial charge in [0.25, 0.3) is 0 Å². The van der Waals surface area contributed by atoms with Gasteiger partial charge >= 0.3 is 0 Å². The van der Waals surface area contributed by atoms with E-state index in [1.54, 1.807) is 10.8 Å². The average molecular weight is 206 g/mol. The van der Waals surface area contributed by atoms with Crippen LogP contribution in [0.2, 0.25) is 0 Å². The molecule has 1 N–H and O–H groups in total. The number of hydrogen-bond acceptors (Lipinski definition) is 6. The summed E-state index contributed by atoms with van der Waals surface area (Å²) in [5.74, 6) is 1.07. The van der Waals surface area contributed by atoms with Crippen molar-refractivity contribution in [1.82, 2.24) is 0 Å². The smallest absolute Gasteiger partial charge is 0.208 e. The molecule has 0 spiro atoms. The molecule has 0 aromatic heterocycles. The second kappa shape index (κ2) is 5.19. The molecule has 0 aliphatic carbocycles. The average Bonchev–Trinajstić information content (AvgIpc) is 2.07. The fraction of sp³-hybridized carbons (Fsp3) is 0.500. The van der Waals surface area contributed by atoms with E-state index < -0.39 is 10.2 Å². The molecular formula is C2H4ClNO4S2. The van der Waals surface area contributed by atoms with Crippen LogP contribution in [0, 0.1) is 10.2 Å². The molecule has 0 fully saturated rings. The Bertz CT molecular complexity index is 102. The summed E-state index contributed by atoms with van der Waals surface area (Å²) >= 11 is 0. The maximum absolute atomic E-state index is 8.49. The van der Waals surface area contributed by atoms with Gasteiger partial charge in [-0.05, 0) is 10.8 Å². The van der Waals surface area contributed by atoms with Crippen LogP contribution in [-0.4, -0.2) is 11.4 Å². The second-order valence-electron chi connectivity index (χ2n) is 1.06. The summed E-state index contributed by atoms with van der Waals surface area (Å²) in [6.45, 7) is 0. The number of nitrogens with one attached hydrogen (secondary N) is 1. The summed E-state index contributed by atoms with van der Waals surface area (Å²) < 4.78 is 34.0. The van der Waals surface area contributed by atoms with E-state index in [0.29, 0.717) is 0 Å². The van der Waals surface area contributed by atoms with Crippen LogP contribution in [0.15, 0.2) is 0 Å². The Balaban J connectivity index is 0.000000162. The molecule has 0 radical (unpaired) electrons. The largest absolute Gasteiger partial charge is 0.232 e. The van der Waals surface area contributed by atoms with E-state index in [4.69, 9.17) is 18.6 Å². The van der Waals surface area contributed by atoms with Crippen molar-refractivity contribution in [3.8, 4) is 0 Å². The molecule has 0 saturated heterocycles. The zero-order valence-electron chi connectivity index (χ0n) is 4.61. The van der Waals surface area contributed by atoms with Gasteiger partial charge in [0.15, 0.2) is 5.88 Å².